The van der Waals surface area contributed by atoms with Gasteiger partial charge in [-0.25, -0.2) is 9.50 Å². The van der Waals surface area contributed by atoms with Crippen LogP contribution in [-0.4, -0.2) is 21.4 Å². The monoisotopic (exact) mass is 343 g/mol. The van der Waals surface area contributed by atoms with E-state index in [1.807, 2.05) is 53.2 Å². The molecule has 0 bridgehead atoms. The molecule has 1 aliphatic heterocycles. The fourth-order valence-corrected chi connectivity index (χ4v) is 3.41. The molecule has 5 nitrogen and oxygen atoms in total. The number of fused-ring (bicyclic) bond motifs is 2. The van der Waals surface area contributed by atoms with Crippen LogP contribution in [0.3, 0.4) is 0 Å². The van der Waals surface area contributed by atoms with Crippen LogP contribution in [-0.2, 0) is 6.42 Å². The number of hydrogen-bond donors (Lipinski definition) is 0. The second kappa shape index (κ2) is 5.88. The maximum Gasteiger partial charge on any atom is 0.231 e. The molecule has 2 aromatic heterocycles. The minimum Gasteiger partial charge on any atom is -0.454 e. The zero-order chi connectivity index (χ0) is 17.5. The Morgan fingerprint density at radius 3 is 2.65 bits per heavy atom. The number of nitrogens with zero attached hydrogens (tertiary/aromatic N) is 3. The van der Waals surface area contributed by atoms with Crippen LogP contribution in [0, 0.1) is 0 Å². The minimum absolute atomic E-state index is 0.268. The largest absolute Gasteiger partial charge is 0.454 e. The van der Waals surface area contributed by atoms with Crippen molar-refractivity contribution in [1.29, 1.82) is 0 Å². The highest BCUT2D eigenvalue weighted by atomic mass is 16.7. The second-order valence-electron chi connectivity index (χ2n) is 6.17. The van der Waals surface area contributed by atoms with Crippen molar-refractivity contribution in [3.8, 4) is 33.9 Å². The van der Waals surface area contributed by atoms with Gasteiger partial charge in [-0.05, 0) is 36.2 Å². The summed E-state index contributed by atoms with van der Waals surface area (Å²) in [4.78, 5) is 4.63. The number of aryl methyl sites for hydroxylation is 1. The minimum atomic E-state index is 0.268. The van der Waals surface area contributed by atoms with E-state index in [1.54, 1.807) is 0 Å². The van der Waals surface area contributed by atoms with Crippen LogP contribution in [0.25, 0.3) is 28.0 Å². The van der Waals surface area contributed by atoms with Crippen LogP contribution < -0.4 is 9.47 Å². The van der Waals surface area contributed by atoms with Crippen molar-refractivity contribution in [2.45, 2.75) is 13.3 Å². The first-order valence-electron chi connectivity index (χ1n) is 8.67. The summed E-state index contributed by atoms with van der Waals surface area (Å²) in [6.45, 7) is 2.39. The lowest BCUT2D eigenvalue weighted by Gasteiger charge is -2.06. The van der Waals surface area contributed by atoms with Crippen molar-refractivity contribution >= 4 is 5.65 Å². The van der Waals surface area contributed by atoms with E-state index in [4.69, 9.17) is 14.6 Å². The Morgan fingerprint density at radius 2 is 1.81 bits per heavy atom. The highest BCUT2D eigenvalue weighted by Gasteiger charge is 2.19. The Hall–Kier alpha value is -3.34. The number of aromatic nitrogens is 3. The van der Waals surface area contributed by atoms with Crippen molar-refractivity contribution in [3.05, 3.63) is 66.5 Å². The predicted molar refractivity (Wildman–Crippen MR) is 99.4 cm³/mol. The Balaban J connectivity index is 1.75. The number of benzene rings is 2. The highest BCUT2D eigenvalue weighted by molar-refractivity contribution is 5.81. The summed E-state index contributed by atoms with van der Waals surface area (Å²) >= 11 is 0. The van der Waals surface area contributed by atoms with Crippen LogP contribution in [0.4, 0.5) is 0 Å². The van der Waals surface area contributed by atoms with Gasteiger partial charge in [0.15, 0.2) is 17.1 Å². The van der Waals surface area contributed by atoms with Crippen LogP contribution in [0.1, 0.15) is 12.6 Å². The third-order valence-electron chi connectivity index (χ3n) is 4.66. The van der Waals surface area contributed by atoms with E-state index in [9.17, 15) is 0 Å². The van der Waals surface area contributed by atoms with Crippen molar-refractivity contribution < 1.29 is 9.47 Å². The standard InChI is InChI=1S/C21H17N3O2/c1-2-16-20(14-6-4-3-5-7-14)21-22-11-10-17(24(21)23-16)15-8-9-18-19(12-15)26-13-25-18/h3-12H,2,13H2,1H3. The molecule has 5 heteroatoms. The van der Waals surface area contributed by atoms with Gasteiger partial charge < -0.3 is 9.47 Å². The molecule has 3 heterocycles. The third kappa shape index (κ3) is 2.24. The maximum absolute atomic E-state index is 5.52. The quantitative estimate of drug-likeness (QED) is 0.555. The molecule has 0 N–H and O–H groups in total. The van der Waals surface area contributed by atoms with Crippen LogP contribution in [0.2, 0.25) is 0 Å². The lowest BCUT2D eigenvalue weighted by atomic mass is 10.0. The van der Waals surface area contributed by atoms with Gasteiger partial charge in [0.25, 0.3) is 0 Å². The van der Waals surface area contributed by atoms with E-state index >= 15 is 0 Å². The number of rotatable bonds is 3. The van der Waals surface area contributed by atoms with Crippen LogP contribution >= 0.6 is 0 Å². The summed E-state index contributed by atoms with van der Waals surface area (Å²) < 4.78 is 12.9. The molecule has 0 unspecified atom stereocenters. The third-order valence-corrected chi connectivity index (χ3v) is 4.66. The van der Waals surface area contributed by atoms with Gasteiger partial charge in [-0.15, -0.1) is 0 Å². The van der Waals surface area contributed by atoms with E-state index in [-0.39, 0.29) is 6.79 Å². The molecule has 0 amide bonds. The summed E-state index contributed by atoms with van der Waals surface area (Å²) in [5, 5.41) is 4.86. The average Bonchev–Trinajstić information content (AvgIpc) is 3.31. The molecule has 0 fully saturated rings. The summed E-state index contributed by atoms with van der Waals surface area (Å²) in [5.41, 5.74) is 6.13. The predicted octanol–water partition coefficient (Wildman–Crippen LogP) is 4.35. The van der Waals surface area contributed by atoms with E-state index in [0.29, 0.717) is 0 Å². The molecule has 0 aliphatic carbocycles. The Kier molecular flexibility index (Phi) is 3.38. The molecule has 0 radical (unpaired) electrons. The van der Waals surface area contributed by atoms with E-state index in [2.05, 4.69) is 24.0 Å². The zero-order valence-corrected chi connectivity index (χ0v) is 14.3. The van der Waals surface area contributed by atoms with Gasteiger partial charge in [0.1, 0.15) is 0 Å². The summed E-state index contributed by atoms with van der Waals surface area (Å²) in [6.07, 6.45) is 2.68. The fourth-order valence-electron chi connectivity index (χ4n) is 3.41. The number of hydrogen-bond acceptors (Lipinski definition) is 4. The Morgan fingerprint density at radius 1 is 0.962 bits per heavy atom. The number of ether oxygens (including phenoxy) is 2. The highest BCUT2D eigenvalue weighted by Crippen LogP contribution is 2.37. The lowest BCUT2D eigenvalue weighted by Crippen LogP contribution is -1.96. The van der Waals surface area contributed by atoms with Crippen molar-refractivity contribution in [3.63, 3.8) is 0 Å². The van der Waals surface area contributed by atoms with E-state index < -0.39 is 0 Å². The first-order chi connectivity index (χ1) is 12.8. The van der Waals surface area contributed by atoms with Gasteiger partial charge in [0, 0.05) is 17.3 Å². The Bertz CT molecular complexity index is 1100. The lowest BCUT2D eigenvalue weighted by molar-refractivity contribution is 0.174. The molecule has 0 spiro atoms. The smallest absolute Gasteiger partial charge is 0.231 e. The zero-order valence-electron chi connectivity index (χ0n) is 14.3. The molecule has 4 aromatic rings. The molecular weight excluding hydrogens is 326 g/mol. The SMILES string of the molecule is CCc1nn2c(-c3ccc4c(c3)OCO4)ccnc2c1-c1ccccc1. The maximum atomic E-state index is 5.52. The van der Waals surface area contributed by atoms with Gasteiger partial charge >= 0.3 is 0 Å². The van der Waals surface area contributed by atoms with Crippen molar-refractivity contribution in [2.75, 3.05) is 6.79 Å². The molecule has 0 saturated carbocycles. The van der Waals surface area contributed by atoms with Gasteiger partial charge in [0.2, 0.25) is 6.79 Å². The molecule has 2 aromatic carbocycles. The fraction of sp³-hybridized carbons (Fsp3) is 0.143. The Labute approximate surface area is 150 Å². The van der Waals surface area contributed by atoms with Crippen LogP contribution in [0.5, 0.6) is 11.5 Å². The van der Waals surface area contributed by atoms with Crippen molar-refractivity contribution in [1.82, 2.24) is 14.6 Å². The summed E-state index contributed by atoms with van der Waals surface area (Å²) in [5.74, 6) is 1.54. The summed E-state index contributed by atoms with van der Waals surface area (Å²) in [7, 11) is 0. The first-order valence-corrected chi connectivity index (χ1v) is 8.67. The molecule has 26 heavy (non-hydrogen) atoms. The summed E-state index contributed by atoms with van der Waals surface area (Å²) in [6, 6.07) is 18.2. The molecule has 128 valence electrons. The molecule has 0 saturated heterocycles. The average molecular weight is 343 g/mol. The molecule has 5 rings (SSSR count). The topological polar surface area (TPSA) is 48.7 Å². The molecular formula is C21H17N3O2. The molecule has 0 atom stereocenters. The second-order valence-corrected chi connectivity index (χ2v) is 6.17. The normalized spacial score (nSPS) is 12.7. The molecule has 1 aliphatic rings. The van der Waals surface area contributed by atoms with E-state index in [1.165, 1.54) is 0 Å². The first kappa shape index (κ1) is 15.0. The van der Waals surface area contributed by atoms with Crippen molar-refractivity contribution in [2.24, 2.45) is 0 Å². The van der Waals surface area contributed by atoms with Gasteiger partial charge in [-0.3, -0.25) is 0 Å². The van der Waals surface area contributed by atoms with Crippen LogP contribution in [0.15, 0.2) is 60.8 Å². The van der Waals surface area contributed by atoms with E-state index in [0.717, 1.165) is 51.6 Å². The van der Waals surface area contributed by atoms with Gasteiger partial charge in [-0.1, -0.05) is 37.3 Å². The van der Waals surface area contributed by atoms with Gasteiger partial charge in [0.05, 0.1) is 11.4 Å². The van der Waals surface area contributed by atoms with Gasteiger partial charge in [-0.2, -0.15) is 5.10 Å².